The van der Waals surface area contributed by atoms with Crippen molar-refractivity contribution < 1.29 is 0 Å². The van der Waals surface area contributed by atoms with E-state index in [1.807, 2.05) is 6.20 Å². The van der Waals surface area contributed by atoms with E-state index in [-0.39, 0.29) is 0 Å². The Labute approximate surface area is 123 Å². The van der Waals surface area contributed by atoms with E-state index in [1.54, 1.807) is 0 Å². The monoisotopic (exact) mass is 323 g/mol. The lowest BCUT2D eigenvalue weighted by atomic mass is 9.88. The zero-order chi connectivity index (χ0) is 13.1. The largest absolute Gasteiger partial charge is 0.314 e. The lowest BCUT2D eigenvalue weighted by Crippen LogP contribution is -2.40. The number of aromatic nitrogens is 1. The van der Waals surface area contributed by atoms with Crippen LogP contribution in [0.2, 0.25) is 0 Å². The van der Waals surface area contributed by atoms with Gasteiger partial charge < -0.3 is 5.32 Å². The van der Waals surface area contributed by atoms with Crippen LogP contribution in [0.3, 0.4) is 0 Å². The highest BCUT2D eigenvalue weighted by atomic mass is 79.9. The van der Waals surface area contributed by atoms with Crippen LogP contribution in [0.1, 0.15) is 31.4 Å². The van der Waals surface area contributed by atoms with Crippen LogP contribution in [0.15, 0.2) is 22.8 Å². The number of hydrogen-bond donors (Lipinski definition) is 1. The molecule has 19 heavy (non-hydrogen) atoms. The molecule has 4 heteroatoms. The van der Waals surface area contributed by atoms with Crippen molar-refractivity contribution in [3.63, 3.8) is 0 Å². The number of rotatable bonds is 3. The number of likely N-dealkylation sites (tertiary alicyclic amines) is 1. The van der Waals surface area contributed by atoms with Gasteiger partial charge in [-0.15, -0.1) is 0 Å². The molecule has 104 valence electrons. The van der Waals surface area contributed by atoms with Crippen LogP contribution in [-0.2, 0) is 6.54 Å². The summed E-state index contributed by atoms with van der Waals surface area (Å²) >= 11 is 3.43. The highest BCUT2D eigenvalue weighted by Crippen LogP contribution is 2.26. The van der Waals surface area contributed by atoms with E-state index < -0.39 is 0 Å². The van der Waals surface area contributed by atoms with Crippen molar-refractivity contribution in [2.45, 2.75) is 38.3 Å². The first-order chi connectivity index (χ1) is 9.31. The van der Waals surface area contributed by atoms with Crippen LogP contribution >= 0.6 is 15.9 Å². The molecule has 0 bridgehead atoms. The Hall–Kier alpha value is -0.450. The first-order valence-corrected chi connectivity index (χ1v) is 8.17. The molecule has 0 spiro atoms. The quantitative estimate of drug-likeness (QED) is 0.927. The number of pyridine rings is 1. The van der Waals surface area contributed by atoms with Crippen LogP contribution < -0.4 is 5.32 Å². The molecular weight excluding hydrogens is 302 g/mol. The summed E-state index contributed by atoms with van der Waals surface area (Å²) in [7, 11) is 0. The predicted octanol–water partition coefficient (Wildman–Crippen LogP) is 2.81. The molecule has 0 radical (unpaired) electrons. The van der Waals surface area contributed by atoms with Gasteiger partial charge in [0, 0.05) is 23.3 Å². The Balaban J connectivity index is 1.48. The van der Waals surface area contributed by atoms with Gasteiger partial charge in [-0.3, -0.25) is 9.88 Å². The third-order valence-electron chi connectivity index (χ3n) is 4.47. The summed E-state index contributed by atoms with van der Waals surface area (Å²) in [6.45, 7) is 4.67. The average Bonchev–Trinajstić information content (AvgIpc) is 2.96. The fraction of sp³-hybridized carbons (Fsp3) is 0.667. The molecule has 3 rings (SSSR count). The van der Waals surface area contributed by atoms with Crippen molar-refractivity contribution in [3.8, 4) is 0 Å². The van der Waals surface area contributed by atoms with Gasteiger partial charge >= 0.3 is 0 Å². The van der Waals surface area contributed by atoms with Gasteiger partial charge in [0.1, 0.15) is 0 Å². The Morgan fingerprint density at radius 1 is 1.26 bits per heavy atom. The van der Waals surface area contributed by atoms with Crippen LogP contribution in [0, 0.1) is 5.92 Å². The van der Waals surface area contributed by atoms with E-state index in [9.17, 15) is 0 Å². The number of nitrogens with one attached hydrogen (secondary N) is 1. The molecule has 0 aliphatic carbocycles. The highest BCUT2D eigenvalue weighted by Gasteiger charge is 2.28. The maximum absolute atomic E-state index is 4.47. The summed E-state index contributed by atoms with van der Waals surface area (Å²) in [4.78, 5) is 7.01. The van der Waals surface area contributed by atoms with Gasteiger partial charge in [-0.1, -0.05) is 0 Å². The van der Waals surface area contributed by atoms with E-state index in [1.165, 1.54) is 51.0 Å². The zero-order valence-electron chi connectivity index (χ0n) is 11.3. The number of nitrogens with zero attached hydrogens (tertiary/aromatic N) is 2. The summed E-state index contributed by atoms with van der Waals surface area (Å²) < 4.78 is 1.06. The molecule has 2 fully saturated rings. The second-order valence-electron chi connectivity index (χ2n) is 5.78. The molecule has 3 heterocycles. The standard InChI is InChI=1S/C15H22BrN3/c16-13-3-4-14(18-10-13)11-19-8-5-12(6-9-19)15-2-1-7-17-15/h3-4,10,12,15,17H,1-2,5-9,11H2. The van der Waals surface area contributed by atoms with Crippen molar-refractivity contribution in [3.05, 3.63) is 28.5 Å². The molecule has 1 unspecified atom stereocenters. The molecular formula is C15H22BrN3. The van der Waals surface area contributed by atoms with Crippen LogP contribution in [-0.4, -0.2) is 35.6 Å². The van der Waals surface area contributed by atoms with Crippen LogP contribution in [0.25, 0.3) is 0 Å². The first kappa shape index (κ1) is 13.5. The van der Waals surface area contributed by atoms with E-state index in [0.717, 1.165) is 23.0 Å². The van der Waals surface area contributed by atoms with Gasteiger partial charge in [0.25, 0.3) is 0 Å². The molecule has 2 aliphatic heterocycles. The van der Waals surface area contributed by atoms with E-state index in [0.29, 0.717) is 0 Å². The number of hydrogen-bond acceptors (Lipinski definition) is 3. The molecule has 1 aromatic heterocycles. The van der Waals surface area contributed by atoms with Crippen molar-refractivity contribution in [1.82, 2.24) is 15.2 Å². The van der Waals surface area contributed by atoms with E-state index in [2.05, 4.69) is 43.3 Å². The minimum Gasteiger partial charge on any atom is -0.314 e. The maximum atomic E-state index is 4.47. The highest BCUT2D eigenvalue weighted by molar-refractivity contribution is 9.10. The molecule has 1 aromatic rings. The molecule has 1 N–H and O–H groups in total. The van der Waals surface area contributed by atoms with Gasteiger partial charge in [0.05, 0.1) is 5.69 Å². The summed E-state index contributed by atoms with van der Waals surface area (Å²) in [6.07, 6.45) is 7.33. The van der Waals surface area contributed by atoms with Crippen LogP contribution in [0.4, 0.5) is 0 Å². The SMILES string of the molecule is Brc1ccc(CN2CCC(C3CCCN3)CC2)nc1. The molecule has 0 saturated carbocycles. The molecule has 0 aromatic carbocycles. The molecule has 2 saturated heterocycles. The first-order valence-electron chi connectivity index (χ1n) is 7.37. The Morgan fingerprint density at radius 2 is 2.11 bits per heavy atom. The van der Waals surface area contributed by atoms with Crippen LogP contribution in [0.5, 0.6) is 0 Å². The fourth-order valence-electron chi connectivity index (χ4n) is 3.36. The van der Waals surface area contributed by atoms with Crippen molar-refractivity contribution >= 4 is 15.9 Å². The van der Waals surface area contributed by atoms with Crippen molar-refractivity contribution in [1.29, 1.82) is 0 Å². The minimum absolute atomic E-state index is 0.799. The van der Waals surface area contributed by atoms with E-state index in [4.69, 9.17) is 0 Å². The summed E-state index contributed by atoms with van der Waals surface area (Å²) in [5, 5.41) is 3.66. The van der Waals surface area contributed by atoms with Gasteiger partial charge in [-0.25, -0.2) is 0 Å². The normalized spacial score (nSPS) is 25.8. The number of piperidine rings is 1. The Morgan fingerprint density at radius 3 is 2.74 bits per heavy atom. The third kappa shape index (κ3) is 3.56. The zero-order valence-corrected chi connectivity index (χ0v) is 12.9. The Bertz CT molecular complexity index is 392. The summed E-state index contributed by atoms with van der Waals surface area (Å²) in [5.41, 5.74) is 1.18. The minimum atomic E-state index is 0.799. The molecule has 0 amide bonds. The third-order valence-corrected chi connectivity index (χ3v) is 4.94. The maximum Gasteiger partial charge on any atom is 0.0544 e. The second-order valence-corrected chi connectivity index (χ2v) is 6.70. The lowest BCUT2D eigenvalue weighted by molar-refractivity contribution is 0.156. The summed E-state index contributed by atoms with van der Waals surface area (Å²) in [6, 6.07) is 5.00. The average molecular weight is 324 g/mol. The molecule has 3 nitrogen and oxygen atoms in total. The Kier molecular flexibility index (Phi) is 4.51. The van der Waals surface area contributed by atoms with Crippen molar-refractivity contribution in [2.75, 3.05) is 19.6 Å². The molecule has 1 atom stereocenters. The van der Waals surface area contributed by atoms with Gasteiger partial charge in [-0.05, 0) is 79.3 Å². The fourth-order valence-corrected chi connectivity index (χ4v) is 3.59. The second kappa shape index (κ2) is 6.33. The van der Waals surface area contributed by atoms with Gasteiger partial charge in [0.2, 0.25) is 0 Å². The predicted molar refractivity (Wildman–Crippen MR) is 81.0 cm³/mol. The smallest absolute Gasteiger partial charge is 0.0544 e. The van der Waals surface area contributed by atoms with Gasteiger partial charge in [0.15, 0.2) is 0 Å². The molecule has 2 aliphatic rings. The topological polar surface area (TPSA) is 28.2 Å². The van der Waals surface area contributed by atoms with Gasteiger partial charge in [-0.2, -0.15) is 0 Å². The van der Waals surface area contributed by atoms with Crippen molar-refractivity contribution in [2.24, 2.45) is 5.92 Å². The lowest BCUT2D eigenvalue weighted by Gasteiger charge is -2.34. The number of halogens is 1. The summed E-state index contributed by atoms with van der Waals surface area (Å²) in [5.74, 6) is 0.900. The van der Waals surface area contributed by atoms with E-state index >= 15 is 0 Å².